The van der Waals surface area contributed by atoms with E-state index < -0.39 is 15.9 Å². The first kappa shape index (κ1) is 35.5. The van der Waals surface area contributed by atoms with Gasteiger partial charge in [0.05, 0.1) is 5.75 Å². The minimum absolute atomic E-state index is 0.0834. The maximum atomic E-state index is 12.1. The van der Waals surface area contributed by atoms with Crippen molar-refractivity contribution < 1.29 is 22.8 Å². The Hall–Kier alpha value is -2.57. The maximum Gasteiger partial charge on any atom is 0.234 e. The van der Waals surface area contributed by atoms with Gasteiger partial charge in [0.25, 0.3) is 0 Å². The quantitative estimate of drug-likeness (QED) is 0.113. The second-order valence-corrected chi connectivity index (χ2v) is 12.4. The fraction of sp³-hybridized carbons (Fsp3) is 0.852. The molecule has 0 unspecified atom stereocenters. The summed E-state index contributed by atoms with van der Waals surface area (Å²) < 4.78 is 26.3. The van der Waals surface area contributed by atoms with Crippen molar-refractivity contribution in [3.8, 4) is 0 Å². The molecule has 1 aromatic rings. The third-order valence-electron chi connectivity index (χ3n) is 6.71. The standard InChI is InChI=1S/C27H51N7O5S/c28-24(35)18-13-12-16-22-29-26(36)21-17-23-40(38,39)32-27(37)20-15-11-9-7-5-3-1-2-4-6-8-10-14-19-25-30-33-34-31-25/h1-23H2,(H2,28,35)(H,29,36)(H,32,37)(H,30,31,33,34). The topological polar surface area (TPSA) is 190 Å². The molecule has 5 N–H and O–H groups in total. The number of tetrazole rings is 1. The highest BCUT2D eigenvalue weighted by molar-refractivity contribution is 7.90. The van der Waals surface area contributed by atoms with Crippen LogP contribution in [0, 0.1) is 0 Å². The molecule has 13 heteroatoms. The van der Waals surface area contributed by atoms with Crippen LogP contribution in [-0.2, 0) is 30.8 Å². The molecule has 0 bridgehead atoms. The van der Waals surface area contributed by atoms with E-state index in [0.717, 1.165) is 50.8 Å². The first-order chi connectivity index (χ1) is 19.3. The zero-order chi connectivity index (χ0) is 29.3. The average molecular weight is 586 g/mol. The van der Waals surface area contributed by atoms with Crippen molar-refractivity contribution in [1.29, 1.82) is 0 Å². The molecule has 1 rings (SSSR count). The van der Waals surface area contributed by atoms with Crippen LogP contribution in [0.5, 0.6) is 0 Å². The second kappa shape index (κ2) is 23.2. The van der Waals surface area contributed by atoms with Gasteiger partial charge in [-0.2, -0.15) is 0 Å². The molecular formula is C27H51N7O5S. The third-order valence-corrected chi connectivity index (χ3v) is 8.08. The molecule has 1 heterocycles. The van der Waals surface area contributed by atoms with Crippen LogP contribution < -0.4 is 15.8 Å². The van der Waals surface area contributed by atoms with E-state index in [-0.39, 0.29) is 36.8 Å². The number of carbonyl (C=O) groups is 3. The number of nitrogens with zero attached hydrogens (tertiary/aromatic N) is 3. The Kier molecular flexibility index (Phi) is 20.5. The smallest absolute Gasteiger partial charge is 0.234 e. The van der Waals surface area contributed by atoms with Crippen LogP contribution in [0.3, 0.4) is 0 Å². The van der Waals surface area contributed by atoms with Gasteiger partial charge in [-0.15, -0.1) is 5.10 Å². The highest BCUT2D eigenvalue weighted by atomic mass is 32.2. The molecule has 1 aromatic heterocycles. The fourth-order valence-corrected chi connectivity index (χ4v) is 5.50. The Morgan fingerprint density at radius 2 is 1.20 bits per heavy atom. The number of aryl methyl sites for hydroxylation is 1. The van der Waals surface area contributed by atoms with Gasteiger partial charge in [-0.25, -0.2) is 13.5 Å². The molecule has 12 nitrogen and oxygen atoms in total. The summed E-state index contributed by atoms with van der Waals surface area (Å²) in [5, 5.41) is 16.6. The van der Waals surface area contributed by atoms with E-state index in [1.54, 1.807) is 0 Å². The third kappa shape index (κ3) is 22.3. The normalized spacial score (nSPS) is 11.4. The van der Waals surface area contributed by atoms with Gasteiger partial charge >= 0.3 is 0 Å². The largest absolute Gasteiger partial charge is 0.370 e. The van der Waals surface area contributed by atoms with Crippen LogP contribution in [0.25, 0.3) is 0 Å². The molecule has 0 saturated carbocycles. The van der Waals surface area contributed by atoms with Crippen LogP contribution in [0.4, 0.5) is 0 Å². The average Bonchev–Trinajstić information content (AvgIpc) is 3.41. The molecule has 0 aliphatic heterocycles. The summed E-state index contributed by atoms with van der Waals surface area (Å²) in [5.41, 5.74) is 5.07. The molecule has 0 saturated heterocycles. The van der Waals surface area contributed by atoms with Gasteiger partial charge < -0.3 is 11.1 Å². The number of amides is 3. The fourth-order valence-electron chi connectivity index (χ4n) is 4.42. The van der Waals surface area contributed by atoms with Crippen LogP contribution in [0.1, 0.15) is 134 Å². The summed E-state index contributed by atoms with van der Waals surface area (Å²) in [7, 11) is -3.73. The minimum atomic E-state index is -3.73. The van der Waals surface area contributed by atoms with Gasteiger partial charge in [-0.05, 0) is 42.5 Å². The van der Waals surface area contributed by atoms with Gasteiger partial charge in [0.15, 0.2) is 0 Å². The lowest BCUT2D eigenvalue weighted by molar-refractivity contribution is -0.121. The highest BCUT2D eigenvalue weighted by Crippen LogP contribution is 2.13. The van der Waals surface area contributed by atoms with E-state index in [2.05, 4.69) is 30.7 Å². The zero-order valence-corrected chi connectivity index (χ0v) is 24.9. The van der Waals surface area contributed by atoms with Crippen molar-refractivity contribution >= 4 is 27.7 Å². The zero-order valence-electron chi connectivity index (χ0n) is 24.1. The second-order valence-electron chi connectivity index (χ2n) is 10.5. The number of sulfonamides is 1. The maximum absolute atomic E-state index is 12.1. The Morgan fingerprint density at radius 1 is 0.675 bits per heavy atom. The lowest BCUT2D eigenvalue weighted by Crippen LogP contribution is -2.33. The Balaban J connectivity index is 1.87. The summed E-state index contributed by atoms with van der Waals surface area (Å²) in [4.78, 5) is 34.5. The number of hydrogen-bond acceptors (Lipinski definition) is 8. The van der Waals surface area contributed by atoms with Crippen molar-refractivity contribution in [1.82, 2.24) is 30.7 Å². The number of unbranched alkanes of at least 4 members (excludes halogenated alkanes) is 14. The number of nitrogens with one attached hydrogen (secondary N) is 3. The molecule has 0 radical (unpaired) electrons. The van der Waals surface area contributed by atoms with Crippen LogP contribution in [0.15, 0.2) is 0 Å². The first-order valence-corrected chi connectivity index (χ1v) is 16.7. The summed E-state index contributed by atoms with van der Waals surface area (Å²) in [6.07, 6.45) is 18.9. The predicted octanol–water partition coefficient (Wildman–Crippen LogP) is 3.59. The SMILES string of the molecule is NC(=O)CCCCCNC(=O)CCCS(=O)(=O)NC(=O)CCCCCCCCCCCCCCCc1nnn[nH]1. The molecule has 0 aromatic carbocycles. The number of H-pyrrole nitrogens is 1. The van der Waals surface area contributed by atoms with Crippen molar-refractivity contribution in [2.24, 2.45) is 5.73 Å². The number of primary amides is 1. The van der Waals surface area contributed by atoms with E-state index >= 15 is 0 Å². The van der Waals surface area contributed by atoms with E-state index in [9.17, 15) is 22.8 Å². The van der Waals surface area contributed by atoms with Crippen LogP contribution >= 0.6 is 0 Å². The Bertz CT molecular complexity index is 910. The molecule has 230 valence electrons. The summed E-state index contributed by atoms with van der Waals surface area (Å²) >= 11 is 0. The number of carbonyl (C=O) groups excluding carboxylic acids is 3. The molecule has 0 fully saturated rings. The molecule has 0 spiro atoms. The highest BCUT2D eigenvalue weighted by Gasteiger charge is 2.15. The lowest BCUT2D eigenvalue weighted by Gasteiger charge is -2.08. The molecule has 0 atom stereocenters. The summed E-state index contributed by atoms with van der Waals surface area (Å²) in [6, 6.07) is 0. The molecular weight excluding hydrogens is 534 g/mol. The lowest BCUT2D eigenvalue weighted by atomic mass is 10.0. The Morgan fingerprint density at radius 3 is 1.77 bits per heavy atom. The summed E-state index contributed by atoms with van der Waals surface area (Å²) in [6.45, 7) is 0.479. The van der Waals surface area contributed by atoms with Crippen molar-refractivity contribution in [3.05, 3.63) is 5.82 Å². The number of aromatic nitrogens is 4. The molecule has 40 heavy (non-hydrogen) atoms. The molecule has 3 amide bonds. The van der Waals surface area contributed by atoms with Gasteiger partial charge in [-0.1, -0.05) is 77.0 Å². The number of nitrogens with two attached hydrogens (primary N) is 1. The van der Waals surface area contributed by atoms with E-state index in [1.165, 1.54) is 51.4 Å². The number of aromatic amines is 1. The summed E-state index contributed by atoms with van der Waals surface area (Å²) in [5.74, 6) is -0.421. The number of rotatable bonds is 27. The Labute approximate surface area is 239 Å². The first-order valence-electron chi connectivity index (χ1n) is 15.1. The monoisotopic (exact) mass is 585 g/mol. The van der Waals surface area contributed by atoms with E-state index in [0.29, 0.717) is 25.8 Å². The van der Waals surface area contributed by atoms with Crippen molar-refractivity contribution in [3.63, 3.8) is 0 Å². The molecule has 0 aliphatic rings. The van der Waals surface area contributed by atoms with Gasteiger partial charge in [0, 0.05) is 32.2 Å². The van der Waals surface area contributed by atoms with Crippen molar-refractivity contribution in [2.75, 3.05) is 12.3 Å². The number of hydrogen-bond donors (Lipinski definition) is 4. The molecule has 0 aliphatic carbocycles. The van der Waals surface area contributed by atoms with E-state index in [4.69, 9.17) is 5.73 Å². The van der Waals surface area contributed by atoms with Gasteiger partial charge in [0.2, 0.25) is 27.7 Å². The van der Waals surface area contributed by atoms with Gasteiger partial charge in [-0.3, -0.25) is 19.1 Å². The van der Waals surface area contributed by atoms with Crippen LogP contribution in [-0.4, -0.2) is 59.1 Å². The van der Waals surface area contributed by atoms with Gasteiger partial charge in [0.1, 0.15) is 5.82 Å². The predicted molar refractivity (Wildman–Crippen MR) is 154 cm³/mol. The minimum Gasteiger partial charge on any atom is -0.370 e. The van der Waals surface area contributed by atoms with Crippen molar-refractivity contribution in [2.45, 2.75) is 135 Å². The van der Waals surface area contributed by atoms with E-state index in [1.807, 2.05) is 0 Å². The van der Waals surface area contributed by atoms with Crippen LogP contribution in [0.2, 0.25) is 0 Å².